The zero-order chi connectivity index (χ0) is 17.1. The molecule has 3 N–H and O–H groups in total. The number of nitrogens with two attached hydrogens (primary N) is 1. The lowest BCUT2D eigenvalue weighted by atomic mass is 10.0. The van der Waals surface area contributed by atoms with Gasteiger partial charge in [0.05, 0.1) is 24.4 Å². The Morgan fingerprint density at radius 2 is 1.83 bits per heavy atom. The molecule has 1 heterocycles. The maximum Gasteiger partial charge on any atom is 0.411 e. The zero-order valence-electron chi connectivity index (χ0n) is 13.5. The van der Waals surface area contributed by atoms with Crippen molar-refractivity contribution in [3.63, 3.8) is 0 Å². The van der Waals surface area contributed by atoms with Gasteiger partial charge in [-0.3, -0.25) is 5.32 Å². The molecule has 24 heavy (non-hydrogen) atoms. The molecule has 3 aromatic rings. The molecule has 0 saturated heterocycles. The van der Waals surface area contributed by atoms with Gasteiger partial charge in [0.15, 0.2) is 0 Å². The number of aryl methyl sites for hydroxylation is 1. The Hall–Kier alpha value is -2.99. The lowest BCUT2D eigenvalue weighted by Gasteiger charge is -2.15. The molecule has 6 nitrogen and oxygen atoms in total. The highest BCUT2D eigenvalue weighted by Gasteiger charge is 2.15. The average molecular weight is 322 g/mol. The summed E-state index contributed by atoms with van der Waals surface area (Å²) < 4.78 is 4.57. The number of carbonyl (C=O) groups is 1. The number of para-hydroxylation sites is 1. The molecular formula is C18H18N4O2. The van der Waals surface area contributed by atoms with Crippen LogP contribution in [0.5, 0.6) is 0 Å². The van der Waals surface area contributed by atoms with E-state index in [1.165, 1.54) is 7.11 Å². The first-order valence-electron chi connectivity index (χ1n) is 7.52. The van der Waals surface area contributed by atoms with Crippen LogP contribution < -0.4 is 11.1 Å². The van der Waals surface area contributed by atoms with Crippen LogP contribution in [-0.2, 0) is 4.74 Å². The number of benzene rings is 2. The van der Waals surface area contributed by atoms with E-state index in [1.54, 1.807) is 12.1 Å². The standard InChI is InChI=1S/C18H18N4O2/c1-11-20-15-6-4-3-5-14(15)17(21-11)16(19)12-7-9-13(10-8-12)22-18(23)24-2/h3-10,16H,19H2,1-2H3,(H,22,23). The predicted octanol–water partition coefficient (Wildman–Crippen LogP) is 3.16. The number of hydrogen-bond acceptors (Lipinski definition) is 5. The summed E-state index contributed by atoms with van der Waals surface area (Å²) in [4.78, 5) is 20.2. The number of anilines is 1. The van der Waals surface area contributed by atoms with Crippen molar-refractivity contribution in [3.05, 3.63) is 65.6 Å². The van der Waals surface area contributed by atoms with Crippen molar-refractivity contribution < 1.29 is 9.53 Å². The monoisotopic (exact) mass is 322 g/mol. The van der Waals surface area contributed by atoms with E-state index in [9.17, 15) is 4.79 Å². The van der Waals surface area contributed by atoms with Gasteiger partial charge in [0.25, 0.3) is 0 Å². The highest BCUT2D eigenvalue weighted by Crippen LogP contribution is 2.26. The summed E-state index contributed by atoms with van der Waals surface area (Å²) in [5, 5.41) is 3.55. The number of fused-ring (bicyclic) bond motifs is 1. The van der Waals surface area contributed by atoms with E-state index in [1.807, 2.05) is 43.3 Å². The number of amides is 1. The summed E-state index contributed by atoms with van der Waals surface area (Å²) in [5.74, 6) is 0.683. The fourth-order valence-corrected chi connectivity index (χ4v) is 2.56. The summed E-state index contributed by atoms with van der Waals surface area (Å²) in [7, 11) is 1.32. The molecule has 0 bridgehead atoms. The van der Waals surface area contributed by atoms with Gasteiger partial charge in [-0.25, -0.2) is 14.8 Å². The largest absolute Gasteiger partial charge is 0.453 e. The van der Waals surface area contributed by atoms with Gasteiger partial charge in [-0.15, -0.1) is 0 Å². The van der Waals surface area contributed by atoms with Gasteiger partial charge < -0.3 is 10.5 Å². The Bertz CT molecular complexity index is 878. The molecule has 3 rings (SSSR count). The number of hydrogen-bond donors (Lipinski definition) is 2. The maximum atomic E-state index is 11.2. The first-order chi connectivity index (χ1) is 11.6. The molecule has 0 radical (unpaired) electrons. The number of ether oxygens (including phenoxy) is 1. The molecular weight excluding hydrogens is 304 g/mol. The Kier molecular flexibility index (Phi) is 4.39. The van der Waals surface area contributed by atoms with Gasteiger partial charge in [-0.05, 0) is 30.7 Å². The third-order valence-corrected chi connectivity index (χ3v) is 3.74. The van der Waals surface area contributed by atoms with Gasteiger partial charge in [0.1, 0.15) is 5.82 Å². The SMILES string of the molecule is COC(=O)Nc1ccc(C(N)c2nc(C)nc3ccccc23)cc1. The molecule has 0 aliphatic carbocycles. The third kappa shape index (κ3) is 3.18. The van der Waals surface area contributed by atoms with Crippen LogP contribution in [0.25, 0.3) is 10.9 Å². The predicted molar refractivity (Wildman–Crippen MR) is 92.8 cm³/mol. The van der Waals surface area contributed by atoms with E-state index in [2.05, 4.69) is 20.0 Å². The molecule has 0 spiro atoms. The molecule has 1 unspecified atom stereocenters. The van der Waals surface area contributed by atoms with Crippen molar-refractivity contribution in [1.82, 2.24) is 9.97 Å². The number of nitrogens with one attached hydrogen (secondary N) is 1. The molecule has 1 atom stereocenters. The van der Waals surface area contributed by atoms with E-state index in [0.717, 1.165) is 22.2 Å². The Balaban J connectivity index is 1.94. The molecule has 1 aromatic heterocycles. The molecule has 6 heteroatoms. The number of methoxy groups -OCH3 is 1. The molecule has 2 aromatic carbocycles. The topological polar surface area (TPSA) is 90.1 Å². The number of aromatic nitrogens is 2. The lowest BCUT2D eigenvalue weighted by Crippen LogP contribution is -2.16. The van der Waals surface area contributed by atoms with Gasteiger partial charge in [0.2, 0.25) is 0 Å². The Morgan fingerprint density at radius 3 is 2.54 bits per heavy atom. The van der Waals surface area contributed by atoms with Gasteiger partial charge in [0, 0.05) is 11.1 Å². The van der Waals surface area contributed by atoms with Crippen molar-refractivity contribution in [2.24, 2.45) is 5.73 Å². The second-order valence-electron chi connectivity index (χ2n) is 5.39. The summed E-state index contributed by atoms with van der Waals surface area (Å²) >= 11 is 0. The lowest BCUT2D eigenvalue weighted by molar-refractivity contribution is 0.187. The minimum atomic E-state index is -0.510. The van der Waals surface area contributed by atoms with Crippen LogP contribution in [0.1, 0.15) is 23.1 Å². The van der Waals surface area contributed by atoms with Crippen molar-refractivity contribution in [3.8, 4) is 0 Å². The molecule has 0 fully saturated rings. The fraction of sp³-hybridized carbons (Fsp3) is 0.167. The number of carbonyl (C=O) groups excluding carboxylic acids is 1. The first-order valence-corrected chi connectivity index (χ1v) is 7.52. The van der Waals surface area contributed by atoms with E-state index < -0.39 is 6.09 Å². The van der Waals surface area contributed by atoms with E-state index in [-0.39, 0.29) is 6.04 Å². The summed E-state index contributed by atoms with van der Waals surface area (Å²) in [6.07, 6.45) is -0.510. The van der Waals surface area contributed by atoms with Crippen LogP contribution in [0.4, 0.5) is 10.5 Å². The van der Waals surface area contributed by atoms with E-state index in [0.29, 0.717) is 11.5 Å². The van der Waals surface area contributed by atoms with Gasteiger partial charge in [-0.1, -0.05) is 30.3 Å². The van der Waals surface area contributed by atoms with Crippen LogP contribution in [0.15, 0.2) is 48.5 Å². The normalized spacial score (nSPS) is 12.0. The Morgan fingerprint density at radius 1 is 1.12 bits per heavy atom. The van der Waals surface area contributed by atoms with Crippen LogP contribution in [0, 0.1) is 6.92 Å². The molecule has 0 aliphatic rings. The number of rotatable bonds is 3. The molecule has 0 aliphatic heterocycles. The van der Waals surface area contributed by atoms with Crippen LogP contribution in [-0.4, -0.2) is 23.2 Å². The van der Waals surface area contributed by atoms with Gasteiger partial charge >= 0.3 is 6.09 Å². The molecule has 122 valence electrons. The minimum absolute atomic E-state index is 0.385. The average Bonchev–Trinajstić information content (AvgIpc) is 2.61. The van der Waals surface area contributed by atoms with Crippen LogP contribution >= 0.6 is 0 Å². The van der Waals surface area contributed by atoms with Crippen LogP contribution in [0.2, 0.25) is 0 Å². The van der Waals surface area contributed by atoms with E-state index in [4.69, 9.17) is 5.73 Å². The zero-order valence-corrected chi connectivity index (χ0v) is 13.5. The smallest absolute Gasteiger partial charge is 0.411 e. The first kappa shape index (κ1) is 15.9. The maximum absolute atomic E-state index is 11.2. The minimum Gasteiger partial charge on any atom is -0.453 e. The quantitative estimate of drug-likeness (QED) is 0.773. The van der Waals surface area contributed by atoms with Crippen molar-refractivity contribution in [1.29, 1.82) is 0 Å². The third-order valence-electron chi connectivity index (χ3n) is 3.74. The van der Waals surface area contributed by atoms with Crippen LogP contribution in [0.3, 0.4) is 0 Å². The second-order valence-corrected chi connectivity index (χ2v) is 5.39. The van der Waals surface area contributed by atoms with Crippen molar-refractivity contribution in [2.45, 2.75) is 13.0 Å². The molecule has 0 saturated carbocycles. The second kappa shape index (κ2) is 6.64. The van der Waals surface area contributed by atoms with E-state index >= 15 is 0 Å². The van der Waals surface area contributed by atoms with Crippen molar-refractivity contribution >= 4 is 22.7 Å². The molecule has 1 amide bonds. The Labute approximate surface area is 139 Å². The summed E-state index contributed by atoms with van der Waals surface area (Å²) in [5.41, 5.74) is 9.62. The highest BCUT2D eigenvalue weighted by molar-refractivity contribution is 5.84. The summed E-state index contributed by atoms with van der Waals surface area (Å²) in [6, 6.07) is 14.7. The number of nitrogens with zero attached hydrogens (tertiary/aromatic N) is 2. The van der Waals surface area contributed by atoms with Gasteiger partial charge in [-0.2, -0.15) is 0 Å². The van der Waals surface area contributed by atoms with Crippen molar-refractivity contribution in [2.75, 3.05) is 12.4 Å². The summed E-state index contributed by atoms with van der Waals surface area (Å²) in [6.45, 7) is 1.85. The fourth-order valence-electron chi connectivity index (χ4n) is 2.56. The highest BCUT2D eigenvalue weighted by atomic mass is 16.5.